The molecule has 0 atom stereocenters. The molecule has 5 heteroatoms. The van der Waals surface area contributed by atoms with Crippen molar-refractivity contribution in [1.29, 1.82) is 5.26 Å². The summed E-state index contributed by atoms with van der Waals surface area (Å²) in [5.41, 5.74) is 1.31. The highest BCUT2D eigenvalue weighted by Crippen LogP contribution is 2.23. The Kier molecular flexibility index (Phi) is 4.33. The van der Waals surface area contributed by atoms with Gasteiger partial charge in [-0.15, -0.1) is 0 Å². The van der Waals surface area contributed by atoms with Crippen LogP contribution in [0.25, 0.3) is 6.08 Å². The first-order chi connectivity index (χ1) is 8.45. The molecule has 0 amide bonds. The monoisotopic (exact) mass is 244 g/mol. The van der Waals surface area contributed by atoms with Gasteiger partial charge in [0.2, 0.25) is 0 Å². The van der Waals surface area contributed by atoms with E-state index in [1.165, 1.54) is 19.1 Å². The number of aryl methyl sites for hydroxylation is 1. The molecule has 18 heavy (non-hydrogen) atoms. The van der Waals surface area contributed by atoms with Gasteiger partial charge in [-0.25, -0.2) is 0 Å². The summed E-state index contributed by atoms with van der Waals surface area (Å²) in [5.74, 6) is -0.258. The minimum atomic E-state index is -0.497. The number of hydrogen-bond acceptors (Lipinski definition) is 4. The lowest BCUT2D eigenvalue weighted by Gasteiger charge is -2.01. The topological polar surface area (TPSA) is 84.0 Å². The third kappa shape index (κ3) is 3.25. The van der Waals surface area contributed by atoms with Gasteiger partial charge in [-0.3, -0.25) is 14.9 Å². The molecule has 92 valence electrons. The van der Waals surface area contributed by atoms with Crippen molar-refractivity contribution in [2.45, 2.75) is 20.3 Å². The van der Waals surface area contributed by atoms with Crippen LogP contribution >= 0.6 is 0 Å². The van der Waals surface area contributed by atoms with E-state index in [2.05, 4.69) is 0 Å². The van der Waals surface area contributed by atoms with Gasteiger partial charge in [0.15, 0.2) is 5.78 Å². The first-order valence-corrected chi connectivity index (χ1v) is 5.29. The number of carbonyl (C=O) groups is 1. The summed E-state index contributed by atoms with van der Waals surface area (Å²) in [7, 11) is 0. The lowest BCUT2D eigenvalue weighted by molar-refractivity contribution is -0.385. The van der Waals surface area contributed by atoms with Crippen molar-refractivity contribution in [3.8, 4) is 6.07 Å². The molecule has 0 heterocycles. The molecule has 1 aromatic carbocycles. The molecular formula is C13H12N2O3. The molecule has 1 aromatic rings. The van der Waals surface area contributed by atoms with Crippen molar-refractivity contribution in [3.63, 3.8) is 0 Å². The average molecular weight is 244 g/mol. The van der Waals surface area contributed by atoms with E-state index in [-0.39, 0.29) is 23.5 Å². The number of carbonyl (C=O) groups excluding carboxylic acids is 1. The minimum absolute atomic E-state index is 0.0552. The van der Waals surface area contributed by atoms with Gasteiger partial charge < -0.3 is 0 Å². The summed E-state index contributed by atoms with van der Waals surface area (Å²) in [5, 5.41) is 19.5. The maximum atomic E-state index is 11.3. The minimum Gasteiger partial charge on any atom is -0.295 e. The highest BCUT2D eigenvalue weighted by atomic mass is 16.6. The van der Waals surface area contributed by atoms with Crippen molar-refractivity contribution in [2.24, 2.45) is 0 Å². The highest BCUT2D eigenvalue weighted by molar-refractivity contribution is 5.98. The van der Waals surface area contributed by atoms with Gasteiger partial charge in [0.05, 0.1) is 23.0 Å². The first kappa shape index (κ1) is 13.6. The van der Waals surface area contributed by atoms with Crippen LogP contribution in [0, 0.1) is 28.4 Å². The van der Waals surface area contributed by atoms with Gasteiger partial charge in [-0.2, -0.15) is 5.26 Å². The molecule has 0 aromatic heterocycles. The lowest BCUT2D eigenvalue weighted by Crippen LogP contribution is -1.98. The summed E-state index contributed by atoms with van der Waals surface area (Å²) < 4.78 is 0. The Hall–Kier alpha value is -2.48. The Labute approximate surface area is 105 Å². The molecule has 0 saturated heterocycles. The van der Waals surface area contributed by atoms with Crippen molar-refractivity contribution in [1.82, 2.24) is 0 Å². The maximum absolute atomic E-state index is 11.3. The van der Waals surface area contributed by atoms with Crippen molar-refractivity contribution in [3.05, 3.63) is 45.0 Å². The van der Waals surface area contributed by atoms with Gasteiger partial charge in [0.25, 0.3) is 5.69 Å². The lowest BCUT2D eigenvalue weighted by atomic mass is 10.0. The van der Waals surface area contributed by atoms with Crippen molar-refractivity contribution in [2.75, 3.05) is 0 Å². The van der Waals surface area contributed by atoms with Gasteiger partial charge in [0, 0.05) is 11.6 Å². The van der Waals surface area contributed by atoms with Crippen LogP contribution in [-0.4, -0.2) is 10.7 Å². The zero-order valence-corrected chi connectivity index (χ0v) is 10.1. The van der Waals surface area contributed by atoms with Crippen LogP contribution in [-0.2, 0) is 4.79 Å². The Morgan fingerprint density at radius 3 is 2.72 bits per heavy atom. The number of nitro groups is 1. The molecule has 0 aliphatic carbocycles. The smallest absolute Gasteiger partial charge is 0.276 e. The molecule has 0 saturated carbocycles. The van der Waals surface area contributed by atoms with Gasteiger partial charge in [0.1, 0.15) is 0 Å². The van der Waals surface area contributed by atoms with E-state index in [0.29, 0.717) is 5.56 Å². The normalized spacial score (nSPS) is 10.8. The number of ketones is 1. The number of allylic oxidation sites excluding steroid dienone is 1. The van der Waals surface area contributed by atoms with E-state index in [4.69, 9.17) is 5.26 Å². The fourth-order valence-corrected chi connectivity index (χ4v) is 1.48. The molecule has 0 spiro atoms. The van der Waals surface area contributed by atoms with Crippen LogP contribution in [0.2, 0.25) is 0 Å². The van der Waals surface area contributed by atoms with Crippen LogP contribution in [0.4, 0.5) is 5.69 Å². The van der Waals surface area contributed by atoms with E-state index in [9.17, 15) is 14.9 Å². The molecular weight excluding hydrogens is 232 g/mol. The van der Waals surface area contributed by atoms with Gasteiger partial charge in [-0.05, 0) is 31.6 Å². The summed E-state index contributed by atoms with van der Waals surface area (Å²) in [6, 6.07) is 6.61. The Morgan fingerprint density at radius 1 is 1.56 bits per heavy atom. The maximum Gasteiger partial charge on any atom is 0.276 e. The second-order valence-corrected chi connectivity index (χ2v) is 3.88. The number of nitrogens with zero attached hydrogens (tertiary/aromatic N) is 2. The van der Waals surface area contributed by atoms with E-state index >= 15 is 0 Å². The van der Waals surface area contributed by atoms with E-state index in [1.807, 2.05) is 6.07 Å². The largest absolute Gasteiger partial charge is 0.295 e. The van der Waals surface area contributed by atoms with Gasteiger partial charge >= 0.3 is 0 Å². The molecule has 5 nitrogen and oxygen atoms in total. The fourth-order valence-electron chi connectivity index (χ4n) is 1.48. The quantitative estimate of drug-likeness (QED) is 0.463. The summed E-state index contributed by atoms with van der Waals surface area (Å²) >= 11 is 0. The third-order valence-corrected chi connectivity index (χ3v) is 2.43. The standard InChI is InChI=1S/C13H12N2O3/c1-9-3-4-12(13(7-9)15(17)18)8-11(5-6-14)10(2)16/h3-4,7-8H,5H2,1-2H3/b11-8+. The van der Waals surface area contributed by atoms with E-state index < -0.39 is 4.92 Å². The second kappa shape index (κ2) is 5.73. The number of benzene rings is 1. The number of Topliss-reactive ketones (excluding diaryl/α,β-unsaturated/α-hetero) is 1. The number of rotatable bonds is 4. The Morgan fingerprint density at radius 2 is 2.22 bits per heavy atom. The van der Waals surface area contributed by atoms with Gasteiger partial charge in [-0.1, -0.05) is 6.07 Å². The number of nitriles is 1. The van der Waals surface area contributed by atoms with Crippen LogP contribution in [0.15, 0.2) is 23.8 Å². The van der Waals surface area contributed by atoms with Crippen molar-refractivity contribution >= 4 is 17.5 Å². The predicted octanol–water partition coefficient (Wildman–Crippen LogP) is 2.79. The first-order valence-electron chi connectivity index (χ1n) is 5.29. The van der Waals surface area contributed by atoms with Crippen LogP contribution in [0.5, 0.6) is 0 Å². The molecule has 0 aliphatic heterocycles. The fraction of sp³-hybridized carbons (Fsp3) is 0.231. The van der Waals surface area contributed by atoms with Crippen LogP contribution < -0.4 is 0 Å². The summed E-state index contributed by atoms with van der Waals surface area (Å²) in [6.07, 6.45) is 1.35. The van der Waals surface area contributed by atoms with E-state index in [0.717, 1.165) is 5.56 Å². The third-order valence-electron chi connectivity index (χ3n) is 2.43. The molecule has 0 bridgehead atoms. The average Bonchev–Trinajstić information content (AvgIpc) is 2.30. The van der Waals surface area contributed by atoms with Crippen molar-refractivity contribution < 1.29 is 9.72 Å². The molecule has 0 unspecified atom stereocenters. The molecule has 0 radical (unpaired) electrons. The molecule has 0 N–H and O–H groups in total. The predicted molar refractivity (Wildman–Crippen MR) is 66.7 cm³/mol. The zero-order valence-electron chi connectivity index (χ0n) is 10.1. The van der Waals surface area contributed by atoms with Crippen LogP contribution in [0.3, 0.4) is 0 Å². The SMILES string of the molecule is CC(=O)/C(=C/c1ccc(C)cc1[N+](=O)[O-])CC#N. The molecule has 1 rings (SSSR count). The highest BCUT2D eigenvalue weighted by Gasteiger charge is 2.13. The second-order valence-electron chi connectivity index (χ2n) is 3.88. The number of nitro benzene ring substituents is 1. The zero-order chi connectivity index (χ0) is 13.7. The molecule has 0 aliphatic rings. The van der Waals surface area contributed by atoms with E-state index in [1.54, 1.807) is 19.1 Å². The Bertz CT molecular complexity index is 568. The van der Waals surface area contributed by atoms with Crippen LogP contribution in [0.1, 0.15) is 24.5 Å². The number of hydrogen-bond donors (Lipinski definition) is 0. The summed E-state index contributed by atoms with van der Waals surface area (Å²) in [6.45, 7) is 3.09. The summed E-state index contributed by atoms with van der Waals surface area (Å²) in [4.78, 5) is 21.7. The Balaban J connectivity index is 3.33. The molecule has 0 fully saturated rings.